The van der Waals surface area contributed by atoms with E-state index in [0.717, 1.165) is 16.5 Å². The number of benzene rings is 2. The fourth-order valence-corrected chi connectivity index (χ4v) is 3.04. The van der Waals surface area contributed by atoms with E-state index in [9.17, 15) is 18.0 Å². The molecule has 0 spiro atoms. The number of carbonyl (C=O) groups excluding carboxylic acids is 2. The van der Waals surface area contributed by atoms with E-state index < -0.39 is 16.1 Å². The first kappa shape index (κ1) is 21.1. The van der Waals surface area contributed by atoms with Gasteiger partial charge in [-0.3, -0.25) is 4.79 Å². The Kier molecular flexibility index (Phi) is 7.73. The molecule has 0 unspecified atom stereocenters. The SMILES string of the molecule is NC(=O)Nc1ccc(CNC(=O)CCNS(=O)(=O)/C=C/c2ccccc2)cc1. The van der Waals surface area contributed by atoms with Gasteiger partial charge in [0.25, 0.3) is 0 Å². The van der Waals surface area contributed by atoms with Crippen molar-refractivity contribution in [3.8, 4) is 0 Å². The fourth-order valence-electron chi connectivity index (χ4n) is 2.22. The molecule has 2 aromatic carbocycles. The van der Waals surface area contributed by atoms with Gasteiger partial charge in [0.2, 0.25) is 15.9 Å². The lowest BCUT2D eigenvalue weighted by molar-refractivity contribution is -0.121. The smallest absolute Gasteiger partial charge is 0.316 e. The summed E-state index contributed by atoms with van der Waals surface area (Å²) in [6, 6.07) is 15.2. The minimum atomic E-state index is -3.61. The van der Waals surface area contributed by atoms with Crippen LogP contribution in [-0.4, -0.2) is 26.9 Å². The molecule has 28 heavy (non-hydrogen) atoms. The topological polar surface area (TPSA) is 130 Å². The molecule has 0 aliphatic carbocycles. The van der Waals surface area contributed by atoms with E-state index in [-0.39, 0.29) is 25.4 Å². The summed E-state index contributed by atoms with van der Waals surface area (Å²) in [5.74, 6) is -0.283. The second kappa shape index (κ2) is 10.2. The summed E-state index contributed by atoms with van der Waals surface area (Å²) in [6.45, 7) is 0.283. The number of primary amides is 1. The monoisotopic (exact) mass is 402 g/mol. The van der Waals surface area contributed by atoms with Crippen LogP contribution in [0.15, 0.2) is 60.0 Å². The standard InChI is InChI=1S/C19H22N4O4S/c20-19(25)23-17-8-6-16(7-9-17)14-21-18(24)10-12-22-28(26,27)13-11-15-4-2-1-3-5-15/h1-9,11,13,22H,10,12,14H2,(H,21,24)(H3,20,23,25)/b13-11+. The number of hydrogen-bond acceptors (Lipinski definition) is 4. The first-order valence-corrected chi connectivity index (χ1v) is 10.0. The molecule has 0 aliphatic rings. The van der Waals surface area contributed by atoms with Crippen LogP contribution in [0.5, 0.6) is 0 Å². The average Bonchev–Trinajstić information content (AvgIpc) is 2.66. The van der Waals surface area contributed by atoms with Crippen molar-refractivity contribution in [2.75, 3.05) is 11.9 Å². The molecule has 3 amide bonds. The van der Waals surface area contributed by atoms with Gasteiger partial charge in [0.1, 0.15) is 0 Å². The number of sulfonamides is 1. The van der Waals surface area contributed by atoms with Gasteiger partial charge < -0.3 is 16.4 Å². The molecule has 0 bridgehead atoms. The van der Waals surface area contributed by atoms with Crippen molar-refractivity contribution in [3.05, 3.63) is 71.1 Å². The Balaban J connectivity index is 1.72. The van der Waals surface area contributed by atoms with Gasteiger partial charge in [-0.2, -0.15) is 0 Å². The van der Waals surface area contributed by atoms with Crippen LogP contribution in [0.3, 0.4) is 0 Å². The molecule has 0 aliphatic heterocycles. The van der Waals surface area contributed by atoms with Gasteiger partial charge in [-0.1, -0.05) is 42.5 Å². The van der Waals surface area contributed by atoms with Crippen molar-refractivity contribution in [1.82, 2.24) is 10.0 Å². The summed E-state index contributed by atoms with van der Waals surface area (Å²) in [6.07, 6.45) is 1.50. The molecule has 0 fully saturated rings. The van der Waals surface area contributed by atoms with Crippen molar-refractivity contribution < 1.29 is 18.0 Å². The third kappa shape index (κ3) is 8.02. The molecule has 9 heteroatoms. The van der Waals surface area contributed by atoms with Crippen molar-refractivity contribution in [1.29, 1.82) is 0 Å². The highest BCUT2D eigenvalue weighted by molar-refractivity contribution is 7.92. The molecule has 2 rings (SSSR count). The predicted octanol–water partition coefficient (Wildman–Crippen LogP) is 1.77. The number of amides is 3. The maximum Gasteiger partial charge on any atom is 0.316 e. The number of rotatable bonds is 9. The zero-order chi connectivity index (χ0) is 20.4. The van der Waals surface area contributed by atoms with Gasteiger partial charge in [-0.05, 0) is 29.3 Å². The molecule has 0 aromatic heterocycles. The Hall–Kier alpha value is -3.17. The third-order valence-electron chi connectivity index (χ3n) is 3.61. The van der Waals surface area contributed by atoms with Crippen LogP contribution in [-0.2, 0) is 21.4 Å². The molecule has 2 aromatic rings. The molecule has 0 heterocycles. The van der Waals surface area contributed by atoms with Crippen LogP contribution in [0.4, 0.5) is 10.5 Å². The molecule has 5 N–H and O–H groups in total. The number of anilines is 1. The van der Waals surface area contributed by atoms with Crippen LogP contribution in [0.25, 0.3) is 6.08 Å². The Morgan fingerprint density at radius 2 is 1.68 bits per heavy atom. The second-order valence-corrected chi connectivity index (χ2v) is 7.52. The lowest BCUT2D eigenvalue weighted by Crippen LogP contribution is -2.29. The molecule has 8 nitrogen and oxygen atoms in total. The van der Waals surface area contributed by atoms with Gasteiger partial charge in [-0.15, -0.1) is 0 Å². The van der Waals surface area contributed by atoms with Crippen LogP contribution in [0, 0.1) is 0 Å². The molecule has 0 radical (unpaired) electrons. The fraction of sp³-hybridized carbons (Fsp3) is 0.158. The lowest BCUT2D eigenvalue weighted by atomic mass is 10.2. The van der Waals surface area contributed by atoms with Gasteiger partial charge in [0.05, 0.1) is 0 Å². The number of hydrogen-bond donors (Lipinski definition) is 4. The highest BCUT2D eigenvalue weighted by Crippen LogP contribution is 2.09. The van der Waals surface area contributed by atoms with Gasteiger partial charge >= 0.3 is 6.03 Å². The van der Waals surface area contributed by atoms with E-state index >= 15 is 0 Å². The Morgan fingerprint density at radius 3 is 2.32 bits per heavy atom. The Labute approximate surface area is 163 Å². The largest absolute Gasteiger partial charge is 0.352 e. The van der Waals surface area contributed by atoms with Gasteiger partial charge in [0.15, 0.2) is 0 Å². The molecule has 148 valence electrons. The summed E-state index contributed by atoms with van der Waals surface area (Å²) >= 11 is 0. The molecule has 0 atom stereocenters. The summed E-state index contributed by atoms with van der Waals surface area (Å²) in [5, 5.41) is 6.21. The van der Waals surface area contributed by atoms with Crippen LogP contribution < -0.4 is 21.1 Å². The van der Waals surface area contributed by atoms with E-state index in [0.29, 0.717) is 5.69 Å². The first-order valence-electron chi connectivity index (χ1n) is 8.49. The normalized spacial score (nSPS) is 11.3. The van der Waals surface area contributed by atoms with Crippen molar-refractivity contribution in [3.63, 3.8) is 0 Å². The van der Waals surface area contributed by atoms with E-state index in [1.807, 2.05) is 18.2 Å². The minimum Gasteiger partial charge on any atom is -0.352 e. The quantitative estimate of drug-likeness (QED) is 0.509. The number of urea groups is 1. The molecule has 0 saturated carbocycles. The number of carbonyl (C=O) groups is 2. The molecule has 0 saturated heterocycles. The Morgan fingerprint density at radius 1 is 1.00 bits per heavy atom. The predicted molar refractivity (Wildman–Crippen MR) is 109 cm³/mol. The summed E-state index contributed by atoms with van der Waals surface area (Å²) < 4.78 is 26.2. The minimum absolute atomic E-state index is 0.00519. The van der Waals surface area contributed by atoms with E-state index in [1.54, 1.807) is 36.4 Å². The van der Waals surface area contributed by atoms with Crippen molar-refractivity contribution >= 4 is 33.7 Å². The molecular formula is C19H22N4O4S. The molecular weight excluding hydrogens is 380 g/mol. The highest BCUT2D eigenvalue weighted by atomic mass is 32.2. The highest BCUT2D eigenvalue weighted by Gasteiger charge is 2.07. The zero-order valence-corrected chi connectivity index (χ0v) is 15.9. The van der Waals surface area contributed by atoms with Crippen molar-refractivity contribution in [2.24, 2.45) is 5.73 Å². The van der Waals surface area contributed by atoms with E-state index in [2.05, 4.69) is 15.4 Å². The van der Waals surface area contributed by atoms with Gasteiger partial charge in [-0.25, -0.2) is 17.9 Å². The van der Waals surface area contributed by atoms with Gasteiger partial charge in [0, 0.05) is 30.6 Å². The van der Waals surface area contributed by atoms with E-state index in [1.165, 1.54) is 6.08 Å². The van der Waals surface area contributed by atoms with Crippen LogP contribution in [0.1, 0.15) is 17.5 Å². The lowest BCUT2D eigenvalue weighted by Gasteiger charge is -2.07. The maximum absolute atomic E-state index is 11.9. The van der Waals surface area contributed by atoms with Crippen LogP contribution in [0.2, 0.25) is 0 Å². The Bertz CT molecular complexity index is 926. The summed E-state index contributed by atoms with van der Waals surface area (Å²) in [5.41, 5.74) is 7.18. The first-order chi connectivity index (χ1) is 13.3. The van der Waals surface area contributed by atoms with Crippen LogP contribution >= 0.6 is 0 Å². The maximum atomic E-state index is 11.9. The number of nitrogens with two attached hydrogens (primary N) is 1. The summed E-state index contributed by atoms with van der Waals surface area (Å²) in [7, 11) is -3.61. The summed E-state index contributed by atoms with van der Waals surface area (Å²) in [4.78, 5) is 22.6. The average molecular weight is 402 g/mol. The second-order valence-electron chi connectivity index (χ2n) is 5.87. The zero-order valence-electron chi connectivity index (χ0n) is 15.1. The van der Waals surface area contributed by atoms with Crippen molar-refractivity contribution in [2.45, 2.75) is 13.0 Å². The van der Waals surface area contributed by atoms with E-state index in [4.69, 9.17) is 5.73 Å². The number of nitrogens with one attached hydrogen (secondary N) is 3. The third-order valence-corrected chi connectivity index (χ3v) is 4.71.